The molecule has 18 heavy (non-hydrogen) atoms. The van der Waals surface area contributed by atoms with Crippen molar-refractivity contribution in [2.24, 2.45) is 0 Å². The van der Waals surface area contributed by atoms with Crippen molar-refractivity contribution in [2.75, 3.05) is 7.05 Å². The van der Waals surface area contributed by atoms with Crippen molar-refractivity contribution in [3.63, 3.8) is 0 Å². The van der Waals surface area contributed by atoms with Crippen LogP contribution >= 0.6 is 0 Å². The van der Waals surface area contributed by atoms with Crippen LogP contribution in [0.3, 0.4) is 0 Å². The third-order valence-electron chi connectivity index (χ3n) is 2.80. The fraction of sp³-hybridized carbons (Fsp3) is 0.385. The van der Waals surface area contributed by atoms with E-state index in [9.17, 15) is 4.79 Å². The Hall–Kier alpha value is -1.88. The molecule has 0 saturated heterocycles. The maximum Gasteiger partial charge on any atom is 0.234 e. The molecule has 1 amide bonds. The molecule has 3 N–H and O–H groups in total. The second kappa shape index (κ2) is 5.64. The minimum absolute atomic E-state index is 0.0240. The van der Waals surface area contributed by atoms with Crippen LogP contribution in [-0.2, 0) is 11.2 Å². The molecule has 2 rings (SSSR count). The molecule has 2 aromatic rings. The molecule has 0 fully saturated rings. The van der Waals surface area contributed by atoms with Gasteiger partial charge >= 0.3 is 0 Å². The molecular weight excluding hydrogens is 228 g/mol. The van der Waals surface area contributed by atoms with E-state index in [0.29, 0.717) is 6.42 Å². The zero-order valence-electron chi connectivity index (χ0n) is 10.7. The van der Waals surface area contributed by atoms with Crippen LogP contribution in [0.2, 0.25) is 0 Å². The number of imidazole rings is 1. The molecule has 0 aliphatic rings. The van der Waals surface area contributed by atoms with E-state index in [1.54, 1.807) is 7.05 Å². The summed E-state index contributed by atoms with van der Waals surface area (Å²) in [6.07, 6.45) is 2.26. The van der Waals surface area contributed by atoms with Crippen molar-refractivity contribution < 1.29 is 4.79 Å². The standard InChI is InChI=1S/C13H18N4O/c1-9-15-11-7-6-10(8-12(11)16-9)4-3-5-13(18)17-14-2/h6-8,14H,3-5H2,1-2H3,(H,15,16)(H,17,18). The molecule has 0 spiro atoms. The maximum absolute atomic E-state index is 11.3. The number of aryl methyl sites for hydroxylation is 2. The number of aromatic nitrogens is 2. The first-order valence-electron chi connectivity index (χ1n) is 6.10. The first kappa shape index (κ1) is 12.6. The number of benzene rings is 1. The van der Waals surface area contributed by atoms with Crippen LogP contribution in [0.4, 0.5) is 0 Å². The van der Waals surface area contributed by atoms with Gasteiger partial charge in [0.1, 0.15) is 5.82 Å². The molecule has 0 unspecified atom stereocenters. The zero-order chi connectivity index (χ0) is 13.0. The summed E-state index contributed by atoms with van der Waals surface area (Å²) in [5, 5.41) is 0. The Kier molecular flexibility index (Phi) is 3.94. The van der Waals surface area contributed by atoms with Crippen molar-refractivity contribution in [3.05, 3.63) is 29.6 Å². The van der Waals surface area contributed by atoms with E-state index >= 15 is 0 Å². The summed E-state index contributed by atoms with van der Waals surface area (Å²) >= 11 is 0. The smallest absolute Gasteiger partial charge is 0.234 e. The molecule has 1 heterocycles. The summed E-state index contributed by atoms with van der Waals surface area (Å²) in [7, 11) is 1.69. The number of hydrogen-bond acceptors (Lipinski definition) is 3. The third kappa shape index (κ3) is 3.07. The van der Waals surface area contributed by atoms with E-state index in [-0.39, 0.29) is 5.91 Å². The number of rotatable bonds is 5. The Balaban J connectivity index is 1.93. The van der Waals surface area contributed by atoms with E-state index in [1.807, 2.05) is 13.0 Å². The quantitative estimate of drug-likeness (QED) is 0.699. The van der Waals surface area contributed by atoms with Crippen LogP contribution < -0.4 is 10.9 Å². The normalized spacial score (nSPS) is 10.8. The number of fused-ring (bicyclic) bond motifs is 1. The summed E-state index contributed by atoms with van der Waals surface area (Å²) in [5.41, 5.74) is 8.47. The molecule has 1 aromatic heterocycles. The van der Waals surface area contributed by atoms with Crippen molar-refractivity contribution in [1.82, 2.24) is 20.8 Å². The third-order valence-corrected chi connectivity index (χ3v) is 2.80. The number of nitrogens with one attached hydrogen (secondary N) is 3. The lowest BCUT2D eigenvalue weighted by atomic mass is 10.1. The van der Waals surface area contributed by atoms with Crippen LogP contribution in [-0.4, -0.2) is 22.9 Å². The van der Waals surface area contributed by atoms with Crippen molar-refractivity contribution in [3.8, 4) is 0 Å². The number of aromatic amines is 1. The second-order valence-electron chi connectivity index (χ2n) is 4.33. The van der Waals surface area contributed by atoms with Crippen molar-refractivity contribution in [2.45, 2.75) is 26.2 Å². The highest BCUT2D eigenvalue weighted by molar-refractivity contribution is 5.76. The van der Waals surface area contributed by atoms with Crippen LogP contribution in [0.15, 0.2) is 18.2 Å². The number of nitrogens with zero attached hydrogens (tertiary/aromatic N) is 1. The van der Waals surface area contributed by atoms with Gasteiger partial charge in [0.25, 0.3) is 0 Å². The summed E-state index contributed by atoms with van der Waals surface area (Å²) in [4.78, 5) is 18.8. The molecule has 0 aliphatic carbocycles. The highest BCUT2D eigenvalue weighted by atomic mass is 16.2. The van der Waals surface area contributed by atoms with E-state index in [1.165, 1.54) is 5.56 Å². The molecule has 0 bridgehead atoms. The van der Waals surface area contributed by atoms with Gasteiger partial charge in [-0.15, -0.1) is 0 Å². The Labute approximate surface area is 106 Å². The van der Waals surface area contributed by atoms with E-state index in [2.05, 4.69) is 33.0 Å². The predicted molar refractivity (Wildman–Crippen MR) is 71.0 cm³/mol. The SMILES string of the molecule is CNNC(=O)CCCc1ccc2nc(C)[nH]c2c1. The molecule has 0 radical (unpaired) electrons. The number of carbonyl (C=O) groups excluding carboxylic acids is 1. The second-order valence-corrected chi connectivity index (χ2v) is 4.33. The lowest BCUT2D eigenvalue weighted by Gasteiger charge is -2.03. The summed E-state index contributed by atoms with van der Waals surface area (Å²) < 4.78 is 0. The molecule has 1 aromatic carbocycles. The van der Waals surface area contributed by atoms with Crippen LogP contribution in [0, 0.1) is 6.92 Å². The topological polar surface area (TPSA) is 69.8 Å². The van der Waals surface area contributed by atoms with Gasteiger partial charge in [-0.2, -0.15) is 0 Å². The van der Waals surface area contributed by atoms with Crippen molar-refractivity contribution in [1.29, 1.82) is 0 Å². The molecule has 0 saturated carbocycles. The van der Waals surface area contributed by atoms with Crippen LogP contribution in [0.5, 0.6) is 0 Å². The lowest BCUT2D eigenvalue weighted by molar-refractivity contribution is -0.122. The van der Waals surface area contributed by atoms with E-state index < -0.39 is 0 Å². The number of hydrazine groups is 1. The Morgan fingerprint density at radius 3 is 3.06 bits per heavy atom. The zero-order valence-corrected chi connectivity index (χ0v) is 10.7. The van der Waals surface area contributed by atoms with Crippen molar-refractivity contribution >= 4 is 16.9 Å². The molecular formula is C13H18N4O. The maximum atomic E-state index is 11.3. The number of H-pyrrole nitrogens is 1. The van der Waals surface area contributed by atoms with Gasteiger partial charge in [0.2, 0.25) is 5.91 Å². The highest BCUT2D eigenvalue weighted by Gasteiger charge is 2.03. The first-order chi connectivity index (χ1) is 8.69. The Morgan fingerprint density at radius 1 is 1.44 bits per heavy atom. The highest BCUT2D eigenvalue weighted by Crippen LogP contribution is 2.15. The molecule has 0 atom stereocenters. The van der Waals surface area contributed by atoms with E-state index in [4.69, 9.17) is 0 Å². The van der Waals surface area contributed by atoms with Gasteiger partial charge in [-0.05, 0) is 37.5 Å². The van der Waals surface area contributed by atoms with Crippen LogP contribution in [0.25, 0.3) is 11.0 Å². The van der Waals surface area contributed by atoms with Crippen LogP contribution in [0.1, 0.15) is 24.2 Å². The summed E-state index contributed by atoms with van der Waals surface area (Å²) in [6, 6.07) is 6.19. The lowest BCUT2D eigenvalue weighted by Crippen LogP contribution is -2.33. The average molecular weight is 246 g/mol. The molecule has 0 aliphatic heterocycles. The van der Waals surface area contributed by atoms with E-state index in [0.717, 1.165) is 29.7 Å². The number of carbonyl (C=O) groups is 1. The largest absolute Gasteiger partial charge is 0.342 e. The minimum Gasteiger partial charge on any atom is -0.342 e. The van der Waals surface area contributed by atoms with Gasteiger partial charge in [-0.25, -0.2) is 10.4 Å². The fourth-order valence-electron chi connectivity index (χ4n) is 1.99. The first-order valence-corrected chi connectivity index (χ1v) is 6.10. The van der Waals surface area contributed by atoms with Gasteiger partial charge in [0.05, 0.1) is 11.0 Å². The predicted octanol–water partition coefficient (Wildman–Crippen LogP) is 1.44. The van der Waals surface area contributed by atoms with Gasteiger partial charge < -0.3 is 4.98 Å². The Morgan fingerprint density at radius 2 is 2.28 bits per heavy atom. The number of hydrogen-bond donors (Lipinski definition) is 3. The van der Waals surface area contributed by atoms with Gasteiger partial charge in [-0.1, -0.05) is 6.07 Å². The minimum atomic E-state index is 0.0240. The van der Waals surface area contributed by atoms with Gasteiger partial charge in [-0.3, -0.25) is 10.2 Å². The average Bonchev–Trinajstić information content (AvgIpc) is 2.69. The van der Waals surface area contributed by atoms with Gasteiger partial charge in [0, 0.05) is 13.5 Å². The molecule has 96 valence electrons. The monoisotopic (exact) mass is 246 g/mol. The Bertz CT molecular complexity index is 547. The summed E-state index contributed by atoms with van der Waals surface area (Å²) in [6.45, 7) is 1.95. The fourth-order valence-corrected chi connectivity index (χ4v) is 1.99. The molecule has 5 nitrogen and oxygen atoms in total. The van der Waals surface area contributed by atoms with Gasteiger partial charge in [0.15, 0.2) is 0 Å². The molecule has 5 heteroatoms. The summed E-state index contributed by atoms with van der Waals surface area (Å²) in [5.74, 6) is 0.950. The number of amides is 1.